The lowest BCUT2D eigenvalue weighted by Crippen LogP contribution is -2.48. The van der Waals surface area contributed by atoms with Crippen molar-refractivity contribution in [1.82, 2.24) is 5.32 Å². The maximum Gasteiger partial charge on any atom is 0.157 e. The summed E-state index contributed by atoms with van der Waals surface area (Å²) in [6, 6.07) is 0.489. The third-order valence-electron chi connectivity index (χ3n) is 4.92. The zero-order valence-electron chi connectivity index (χ0n) is 14.2. The molecule has 2 nitrogen and oxygen atoms in total. The molecule has 1 saturated carbocycles. The number of nitrogens with zero attached hydrogens (tertiary/aromatic N) is 1. The van der Waals surface area contributed by atoms with Crippen molar-refractivity contribution in [3.05, 3.63) is 0 Å². The summed E-state index contributed by atoms with van der Waals surface area (Å²) in [5.41, 5.74) is 1.09. The van der Waals surface area contributed by atoms with Gasteiger partial charge in [0, 0.05) is 11.3 Å². The minimum atomic E-state index is 0.254. The van der Waals surface area contributed by atoms with Crippen LogP contribution in [-0.2, 0) is 0 Å². The summed E-state index contributed by atoms with van der Waals surface area (Å²) in [4.78, 5) is 5.10. The van der Waals surface area contributed by atoms with Gasteiger partial charge in [-0.05, 0) is 49.9 Å². The Bertz CT molecular complexity index is 370. The van der Waals surface area contributed by atoms with Gasteiger partial charge in [0.2, 0.25) is 0 Å². The van der Waals surface area contributed by atoms with E-state index in [9.17, 15) is 0 Å². The molecule has 1 aliphatic heterocycles. The lowest BCUT2D eigenvalue weighted by atomic mass is 9.64. The summed E-state index contributed by atoms with van der Waals surface area (Å²) in [5, 5.41) is 4.89. The van der Waals surface area contributed by atoms with Crippen molar-refractivity contribution in [2.75, 3.05) is 5.75 Å². The van der Waals surface area contributed by atoms with Crippen LogP contribution in [0.5, 0.6) is 0 Å². The highest BCUT2D eigenvalue weighted by molar-refractivity contribution is 8.13. The van der Waals surface area contributed by atoms with E-state index in [2.05, 4.69) is 46.9 Å². The molecule has 2 fully saturated rings. The number of rotatable bonds is 2. The Kier molecular flexibility index (Phi) is 4.49. The van der Waals surface area contributed by atoms with E-state index in [0.717, 1.165) is 0 Å². The van der Waals surface area contributed by atoms with Gasteiger partial charge in [0.05, 0.1) is 6.04 Å². The zero-order chi connectivity index (χ0) is 15.0. The second-order valence-electron chi connectivity index (χ2n) is 8.64. The normalized spacial score (nSPS) is 35.8. The highest BCUT2D eigenvalue weighted by Crippen LogP contribution is 2.46. The van der Waals surface area contributed by atoms with Gasteiger partial charge in [-0.2, -0.15) is 0 Å². The highest BCUT2D eigenvalue weighted by Gasteiger charge is 2.39. The third kappa shape index (κ3) is 4.16. The summed E-state index contributed by atoms with van der Waals surface area (Å²) in [7, 11) is 0. The fourth-order valence-corrected chi connectivity index (χ4v) is 5.40. The van der Waals surface area contributed by atoms with Crippen LogP contribution in [0.4, 0.5) is 0 Å². The first-order chi connectivity index (χ1) is 9.13. The average molecular weight is 297 g/mol. The molecule has 0 spiro atoms. The molecule has 0 aromatic rings. The molecule has 1 unspecified atom stereocenters. The number of aliphatic imine (C=N–C) groups is 1. The summed E-state index contributed by atoms with van der Waals surface area (Å²) < 4.78 is 0. The molecule has 1 aliphatic carbocycles. The minimum Gasteiger partial charge on any atom is -0.360 e. The van der Waals surface area contributed by atoms with Crippen LogP contribution in [0.2, 0.25) is 0 Å². The Labute approximate surface area is 129 Å². The third-order valence-corrected chi connectivity index (χ3v) is 5.80. The molecule has 0 aromatic carbocycles. The maximum absolute atomic E-state index is 5.10. The van der Waals surface area contributed by atoms with Crippen molar-refractivity contribution >= 4 is 16.9 Å². The molecule has 2 rings (SSSR count). The SMILES string of the molecule is CCC1(C)CCSC(=NC2CC(C)(C)CC(C)(C)C2)N1. The second kappa shape index (κ2) is 5.55. The Morgan fingerprint density at radius 2 is 1.75 bits per heavy atom. The first-order valence-corrected chi connectivity index (χ1v) is 9.11. The van der Waals surface area contributed by atoms with E-state index in [1.54, 1.807) is 0 Å². The van der Waals surface area contributed by atoms with Crippen LogP contribution in [-0.4, -0.2) is 22.5 Å². The van der Waals surface area contributed by atoms with Crippen molar-refractivity contribution in [3.8, 4) is 0 Å². The van der Waals surface area contributed by atoms with Crippen LogP contribution in [0, 0.1) is 10.8 Å². The number of thioether (sulfide) groups is 1. The van der Waals surface area contributed by atoms with Crippen molar-refractivity contribution in [1.29, 1.82) is 0 Å². The standard InChI is InChI=1S/C17H32N2S/c1-7-17(6)8-9-20-14(19-17)18-13-10-15(2,3)12-16(4,5)11-13/h13H,7-12H2,1-6H3,(H,18,19). The van der Waals surface area contributed by atoms with Gasteiger partial charge >= 0.3 is 0 Å². The quantitative estimate of drug-likeness (QED) is 0.788. The van der Waals surface area contributed by atoms with Crippen molar-refractivity contribution in [3.63, 3.8) is 0 Å². The van der Waals surface area contributed by atoms with E-state index in [0.29, 0.717) is 16.9 Å². The molecule has 1 atom stereocenters. The van der Waals surface area contributed by atoms with Crippen LogP contribution < -0.4 is 5.32 Å². The number of hydrogen-bond acceptors (Lipinski definition) is 2. The Hall–Kier alpha value is -0.180. The van der Waals surface area contributed by atoms with Gasteiger partial charge in [0.1, 0.15) is 0 Å². The van der Waals surface area contributed by atoms with E-state index < -0.39 is 0 Å². The largest absolute Gasteiger partial charge is 0.360 e. The molecule has 1 N–H and O–H groups in total. The summed E-state index contributed by atoms with van der Waals surface area (Å²) in [5.74, 6) is 1.20. The van der Waals surface area contributed by atoms with Crippen molar-refractivity contribution in [2.45, 2.75) is 85.2 Å². The molecule has 116 valence electrons. The first kappa shape index (κ1) is 16.2. The zero-order valence-corrected chi connectivity index (χ0v) is 15.0. The number of hydrogen-bond donors (Lipinski definition) is 1. The van der Waals surface area contributed by atoms with E-state index >= 15 is 0 Å². The summed E-state index contributed by atoms with van der Waals surface area (Å²) in [6.45, 7) is 14.2. The number of amidine groups is 1. The van der Waals surface area contributed by atoms with Crippen molar-refractivity contribution < 1.29 is 0 Å². The lowest BCUT2D eigenvalue weighted by molar-refractivity contribution is 0.0996. The Morgan fingerprint density at radius 3 is 2.30 bits per heavy atom. The van der Waals surface area contributed by atoms with Crippen molar-refractivity contribution in [2.24, 2.45) is 15.8 Å². The fraction of sp³-hybridized carbons (Fsp3) is 0.941. The molecule has 3 heteroatoms. The summed E-state index contributed by atoms with van der Waals surface area (Å²) >= 11 is 1.91. The van der Waals surface area contributed by atoms with Gasteiger partial charge in [-0.1, -0.05) is 46.4 Å². The predicted molar refractivity (Wildman–Crippen MR) is 91.5 cm³/mol. The minimum absolute atomic E-state index is 0.254. The molecular weight excluding hydrogens is 264 g/mol. The van der Waals surface area contributed by atoms with E-state index in [1.165, 1.54) is 43.0 Å². The molecule has 20 heavy (non-hydrogen) atoms. The van der Waals surface area contributed by atoms with Crippen LogP contribution >= 0.6 is 11.8 Å². The maximum atomic E-state index is 5.10. The van der Waals surface area contributed by atoms with Gasteiger partial charge in [-0.15, -0.1) is 0 Å². The van der Waals surface area contributed by atoms with Crippen LogP contribution in [0.1, 0.15) is 73.6 Å². The van der Waals surface area contributed by atoms with Crippen LogP contribution in [0.15, 0.2) is 4.99 Å². The van der Waals surface area contributed by atoms with Gasteiger partial charge in [-0.25, -0.2) is 0 Å². The first-order valence-electron chi connectivity index (χ1n) is 8.12. The summed E-state index contributed by atoms with van der Waals surface area (Å²) in [6.07, 6.45) is 6.19. The van der Waals surface area contributed by atoms with E-state index in [1.807, 2.05) is 11.8 Å². The predicted octanol–water partition coefficient (Wildman–Crippen LogP) is 4.84. The Balaban J connectivity index is 2.09. The highest BCUT2D eigenvalue weighted by atomic mass is 32.2. The molecule has 2 aliphatic rings. The van der Waals surface area contributed by atoms with Gasteiger partial charge in [0.25, 0.3) is 0 Å². The molecule has 0 radical (unpaired) electrons. The topological polar surface area (TPSA) is 24.4 Å². The van der Waals surface area contributed by atoms with E-state index in [-0.39, 0.29) is 5.54 Å². The molecule has 0 bridgehead atoms. The smallest absolute Gasteiger partial charge is 0.157 e. The molecule has 0 amide bonds. The average Bonchev–Trinajstić information content (AvgIpc) is 2.24. The van der Waals surface area contributed by atoms with Gasteiger partial charge in [-0.3, -0.25) is 4.99 Å². The Morgan fingerprint density at radius 1 is 1.15 bits per heavy atom. The lowest BCUT2D eigenvalue weighted by Gasteiger charge is -2.44. The monoisotopic (exact) mass is 296 g/mol. The molecular formula is C17H32N2S. The van der Waals surface area contributed by atoms with E-state index in [4.69, 9.17) is 4.99 Å². The fourth-order valence-electron chi connectivity index (χ4n) is 4.11. The van der Waals surface area contributed by atoms with Gasteiger partial charge < -0.3 is 5.32 Å². The van der Waals surface area contributed by atoms with Gasteiger partial charge in [0.15, 0.2) is 5.17 Å². The molecule has 1 heterocycles. The number of nitrogens with one attached hydrogen (secondary N) is 1. The molecule has 0 aromatic heterocycles. The second-order valence-corrected chi connectivity index (χ2v) is 9.72. The van der Waals surface area contributed by atoms with Crippen LogP contribution in [0.3, 0.4) is 0 Å². The van der Waals surface area contributed by atoms with Crippen LogP contribution in [0.25, 0.3) is 0 Å². The molecule has 1 saturated heterocycles.